The van der Waals surface area contributed by atoms with Crippen LogP contribution in [0.25, 0.3) is 0 Å². The van der Waals surface area contributed by atoms with Crippen LogP contribution in [0.3, 0.4) is 0 Å². The minimum absolute atomic E-state index is 0.422. The molecule has 1 aliphatic carbocycles. The molecule has 0 bridgehead atoms. The summed E-state index contributed by atoms with van der Waals surface area (Å²) in [5, 5.41) is 3.61. The van der Waals surface area contributed by atoms with Crippen LogP contribution in [0.5, 0.6) is 0 Å². The van der Waals surface area contributed by atoms with Gasteiger partial charge in [0, 0.05) is 13.2 Å². The largest absolute Gasteiger partial charge is 0.382 e. The highest BCUT2D eigenvalue weighted by Gasteiger charge is 2.13. The third kappa shape index (κ3) is 4.63. The molecule has 1 unspecified atom stereocenters. The minimum atomic E-state index is 0.422. The second kappa shape index (κ2) is 6.39. The maximum absolute atomic E-state index is 5.19. The van der Waals surface area contributed by atoms with E-state index < -0.39 is 0 Å². The maximum Gasteiger partial charge on any atom is 0.0543 e. The number of nitrogens with one attached hydrogen (secondary N) is 1. The van der Waals surface area contributed by atoms with Gasteiger partial charge < -0.3 is 10.1 Å². The monoisotopic (exact) mass is 185 g/mol. The molecule has 1 rings (SSSR count). The van der Waals surface area contributed by atoms with Crippen molar-refractivity contribution < 1.29 is 4.74 Å². The van der Waals surface area contributed by atoms with Gasteiger partial charge in [0.05, 0.1) is 6.10 Å². The Balaban J connectivity index is 1.88. The lowest BCUT2D eigenvalue weighted by molar-refractivity contribution is 0.109. The Bertz CT molecular complexity index is 121. The Hall–Kier alpha value is -0.0800. The van der Waals surface area contributed by atoms with Crippen LogP contribution in [0.1, 0.15) is 45.4 Å². The molecular weight excluding hydrogens is 162 g/mol. The summed E-state index contributed by atoms with van der Waals surface area (Å²) >= 11 is 0. The molecule has 2 nitrogen and oxygen atoms in total. The second-order valence-electron chi connectivity index (χ2n) is 4.12. The zero-order chi connectivity index (χ0) is 9.52. The van der Waals surface area contributed by atoms with Gasteiger partial charge >= 0.3 is 0 Å². The number of hydrogen-bond acceptors (Lipinski definition) is 2. The lowest BCUT2D eigenvalue weighted by Gasteiger charge is -2.13. The fourth-order valence-electron chi connectivity index (χ4n) is 1.94. The summed E-state index contributed by atoms with van der Waals surface area (Å²) in [6, 6.07) is 0.817. The van der Waals surface area contributed by atoms with Crippen molar-refractivity contribution >= 4 is 0 Å². The zero-order valence-corrected chi connectivity index (χ0v) is 9.01. The smallest absolute Gasteiger partial charge is 0.0543 e. The summed E-state index contributed by atoms with van der Waals surface area (Å²) in [6.45, 7) is 3.30. The molecule has 0 heterocycles. The van der Waals surface area contributed by atoms with Crippen LogP contribution in [-0.4, -0.2) is 25.8 Å². The first-order valence-corrected chi connectivity index (χ1v) is 5.59. The van der Waals surface area contributed by atoms with E-state index in [1.54, 1.807) is 7.11 Å². The zero-order valence-electron chi connectivity index (χ0n) is 9.01. The fraction of sp³-hybridized carbons (Fsp3) is 1.00. The van der Waals surface area contributed by atoms with Gasteiger partial charge in [-0.05, 0) is 39.2 Å². The molecule has 2 heteroatoms. The number of ether oxygens (including phenoxy) is 1. The van der Waals surface area contributed by atoms with E-state index >= 15 is 0 Å². The van der Waals surface area contributed by atoms with E-state index in [1.165, 1.54) is 45.1 Å². The third-order valence-corrected chi connectivity index (χ3v) is 2.98. The molecule has 0 amide bonds. The van der Waals surface area contributed by atoms with Crippen LogP contribution < -0.4 is 5.32 Å². The Morgan fingerprint density at radius 3 is 2.69 bits per heavy atom. The summed E-state index contributed by atoms with van der Waals surface area (Å²) < 4.78 is 5.19. The van der Waals surface area contributed by atoms with Crippen LogP contribution in [0.15, 0.2) is 0 Å². The Morgan fingerprint density at radius 1 is 1.38 bits per heavy atom. The Morgan fingerprint density at radius 2 is 2.08 bits per heavy atom. The third-order valence-electron chi connectivity index (χ3n) is 2.98. The van der Waals surface area contributed by atoms with E-state index in [0.29, 0.717) is 6.10 Å². The Labute approximate surface area is 82.0 Å². The standard InChI is InChI=1S/C11H23NO/c1-10(13-2)6-5-9-12-11-7-3-4-8-11/h10-12H,3-9H2,1-2H3. The molecule has 1 fully saturated rings. The van der Waals surface area contributed by atoms with Crippen LogP contribution in [-0.2, 0) is 4.74 Å². The molecule has 13 heavy (non-hydrogen) atoms. The van der Waals surface area contributed by atoms with Crippen molar-refractivity contribution in [2.24, 2.45) is 0 Å². The molecule has 0 spiro atoms. The lowest BCUT2D eigenvalue weighted by atomic mass is 10.2. The molecule has 1 atom stereocenters. The molecule has 0 aromatic heterocycles. The number of hydrogen-bond donors (Lipinski definition) is 1. The quantitative estimate of drug-likeness (QED) is 0.641. The first kappa shape index (κ1) is 11.0. The molecule has 0 saturated heterocycles. The first-order valence-electron chi connectivity index (χ1n) is 5.59. The summed E-state index contributed by atoms with van der Waals surface area (Å²) in [5.74, 6) is 0. The Kier molecular flexibility index (Phi) is 5.40. The van der Waals surface area contributed by atoms with E-state index in [2.05, 4.69) is 12.2 Å². The fourth-order valence-corrected chi connectivity index (χ4v) is 1.94. The van der Waals surface area contributed by atoms with Crippen molar-refractivity contribution in [3.63, 3.8) is 0 Å². The summed E-state index contributed by atoms with van der Waals surface area (Å²) in [6.07, 6.45) is 8.46. The van der Waals surface area contributed by atoms with Gasteiger partial charge in [-0.3, -0.25) is 0 Å². The van der Waals surface area contributed by atoms with E-state index in [4.69, 9.17) is 4.74 Å². The lowest BCUT2D eigenvalue weighted by Crippen LogP contribution is -2.27. The summed E-state index contributed by atoms with van der Waals surface area (Å²) in [4.78, 5) is 0. The first-order chi connectivity index (χ1) is 6.33. The van der Waals surface area contributed by atoms with Gasteiger partial charge in [0.15, 0.2) is 0 Å². The number of methoxy groups -OCH3 is 1. The van der Waals surface area contributed by atoms with E-state index in [0.717, 1.165) is 6.04 Å². The highest BCUT2D eigenvalue weighted by molar-refractivity contribution is 4.73. The second-order valence-corrected chi connectivity index (χ2v) is 4.12. The van der Waals surface area contributed by atoms with Crippen molar-refractivity contribution in [2.45, 2.75) is 57.6 Å². The van der Waals surface area contributed by atoms with Crippen molar-refractivity contribution in [1.29, 1.82) is 0 Å². The van der Waals surface area contributed by atoms with Gasteiger partial charge in [-0.15, -0.1) is 0 Å². The van der Waals surface area contributed by atoms with Crippen molar-refractivity contribution in [3.05, 3.63) is 0 Å². The van der Waals surface area contributed by atoms with Gasteiger partial charge in [-0.25, -0.2) is 0 Å². The highest BCUT2D eigenvalue weighted by atomic mass is 16.5. The van der Waals surface area contributed by atoms with E-state index in [9.17, 15) is 0 Å². The molecule has 1 N–H and O–H groups in total. The van der Waals surface area contributed by atoms with Crippen LogP contribution in [0, 0.1) is 0 Å². The molecular formula is C11H23NO. The van der Waals surface area contributed by atoms with Gasteiger partial charge in [0.25, 0.3) is 0 Å². The van der Waals surface area contributed by atoms with Crippen molar-refractivity contribution in [2.75, 3.05) is 13.7 Å². The van der Waals surface area contributed by atoms with Gasteiger partial charge in [-0.1, -0.05) is 12.8 Å². The normalized spacial score (nSPS) is 20.8. The summed E-state index contributed by atoms with van der Waals surface area (Å²) in [7, 11) is 1.79. The molecule has 78 valence electrons. The van der Waals surface area contributed by atoms with E-state index in [1.807, 2.05) is 0 Å². The van der Waals surface area contributed by atoms with Crippen LogP contribution >= 0.6 is 0 Å². The van der Waals surface area contributed by atoms with Crippen LogP contribution in [0.2, 0.25) is 0 Å². The van der Waals surface area contributed by atoms with Crippen molar-refractivity contribution in [1.82, 2.24) is 5.32 Å². The SMILES string of the molecule is COC(C)CCCNC1CCCC1. The van der Waals surface area contributed by atoms with Crippen LogP contribution in [0.4, 0.5) is 0 Å². The minimum Gasteiger partial charge on any atom is -0.382 e. The summed E-state index contributed by atoms with van der Waals surface area (Å²) in [5.41, 5.74) is 0. The molecule has 0 radical (unpaired) electrons. The molecule has 0 aliphatic heterocycles. The average molecular weight is 185 g/mol. The predicted octanol–water partition coefficient (Wildman–Crippen LogP) is 2.33. The predicted molar refractivity (Wildman–Crippen MR) is 56.0 cm³/mol. The maximum atomic E-state index is 5.19. The van der Waals surface area contributed by atoms with Gasteiger partial charge in [0.2, 0.25) is 0 Å². The highest BCUT2D eigenvalue weighted by Crippen LogP contribution is 2.17. The number of rotatable bonds is 6. The van der Waals surface area contributed by atoms with Gasteiger partial charge in [0.1, 0.15) is 0 Å². The molecule has 1 aliphatic rings. The molecule has 0 aromatic rings. The van der Waals surface area contributed by atoms with Gasteiger partial charge in [-0.2, -0.15) is 0 Å². The topological polar surface area (TPSA) is 21.3 Å². The van der Waals surface area contributed by atoms with Crippen molar-refractivity contribution in [3.8, 4) is 0 Å². The molecule has 1 saturated carbocycles. The molecule has 0 aromatic carbocycles. The van der Waals surface area contributed by atoms with E-state index in [-0.39, 0.29) is 0 Å². The average Bonchev–Trinajstić information content (AvgIpc) is 2.64.